The summed E-state index contributed by atoms with van der Waals surface area (Å²) in [6, 6.07) is 11.9. The van der Waals surface area contributed by atoms with Gasteiger partial charge in [-0.05, 0) is 125 Å². The maximum Gasteiger partial charge on any atom is 0.264 e. The summed E-state index contributed by atoms with van der Waals surface area (Å²) in [4.78, 5) is 18.2. The lowest BCUT2D eigenvalue weighted by Gasteiger charge is -2.49. The third-order valence-corrected chi connectivity index (χ3v) is 14.6. The van der Waals surface area contributed by atoms with E-state index in [1.54, 1.807) is 13.0 Å². The maximum absolute atomic E-state index is 13.6. The number of fused-ring (bicyclic) bond motifs is 4. The highest BCUT2D eigenvalue weighted by Gasteiger charge is 2.47. The van der Waals surface area contributed by atoms with Crippen molar-refractivity contribution >= 4 is 33.2 Å². The highest BCUT2D eigenvalue weighted by molar-refractivity contribution is 7.90. The Morgan fingerprint density at radius 1 is 0.980 bits per heavy atom. The number of hydrogen-bond acceptors (Lipinski definition) is 8. The van der Waals surface area contributed by atoms with Crippen molar-refractivity contribution < 1.29 is 27.4 Å². The number of amides is 1. The Balaban J connectivity index is 1.26. The van der Waals surface area contributed by atoms with Crippen LogP contribution in [0.25, 0.3) is 0 Å². The second-order valence-corrected chi connectivity index (χ2v) is 18.2. The van der Waals surface area contributed by atoms with Gasteiger partial charge in [-0.15, -0.1) is 0 Å². The zero-order valence-corrected chi connectivity index (χ0v) is 30.9. The first-order chi connectivity index (χ1) is 23.4. The molecule has 11 heteroatoms. The largest absolute Gasteiger partial charge is 0.490 e. The molecule has 2 aromatic rings. The maximum atomic E-state index is 13.6. The smallest absolute Gasteiger partial charge is 0.264 e. The molecule has 0 unspecified atom stereocenters. The lowest BCUT2D eigenvalue weighted by Crippen LogP contribution is -2.52. The van der Waals surface area contributed by atoms with Crippen LogP contribution in [0.2, 0.25) is 5.02 Å². The van der Waals surface area contributed by atoms with Crippen LogP contribution in [0.3, 0.4) is 0 Å². The third-order valence-electron chi connectivity index (χ3n) is 12.5. The van der Waals surface area contributed by atoms with Crippen molar-refractivity contribution in [3.8, 4) is 5.75 Å². The van der Waals surface area contributed by atoms with Gasteiger partial charge in [-0.3, -0.25) is 4.79 Å². The van der Waals surface area contributed by atoms with Gasteiger partial charge in [0.2, 0.25) is 10.0 Å². The quantitative estimate of drug-likeness (QED) is 0.404. The van der Waals surface area contributed by atoms with Crippen molar-refractivity contribution in [2.24, 2.45) is 23.7 Å². The van der Waals surface area contributed by atoms with Crippen LogP contribution >= 0.6 is 11.6 Å². The van der Waals surface area contributed by atoms with Gasteiger partial charge in [-0.2, -0.15) is 0 Å². The number of anilines is 1. The predicted octanol–water partition coefficient (Wildman–Crippen LogP) is 6.03. The first kappa shape index (κ1) is 35.1. The van der Waals surface area contributed by atoms with Gasteiger partial charge in [-0.1, -0.05) is 31.0 Å². The van der Waals surface area contributed by atoms with E-state index in [1.807, 2.05) is 25.1 Å². The van der Waals surface area contributed by atoms with Crippen LogP contribution in [0.15, 0.2) is 36.4 Å². The van der Waals surface area contributed by atoms with Crippen LogP contribution in [0.5, 0.6) is 5.75 Å². The molecule has 1 N–H and O–H groups in total. The van der Waals surface area contributed by atoms with Gasteiger partial charge in [0.05, 0.1) is 36.8 Å². The molecule has 2 fully saturated rings. The van der Waals surface area contributed by atoms with Crippen molar-refractivity contribution in [2.45, 2.75) is 88.2 Å². The summed E-state index contributed by atoms with van der Waals surface area (Å²) >= 11 is 6.47. The molecule has 1 saturated heterocycles. The van der Waals surface area contributed by atoms with Gasteiger partial charge in [0, 0.05) is 35.0 Å². The fraction of sp³-hybridized carbons (Fsp3) is 0.658. The summed E-state index contributed by atoms with van der Waals surface area (Å²) in [6.07, 6.45) is 7.49. The minimum atomic E-state index is -3.90. The second kappa shape index (κ2) is 14.0. The number of hydrogen-bond donors (Lipinski definition) is 1. The number of likely N-dealkylation sites (N-methyl/N-ethyl adjacent to an activating group) is 1. The molecule has 6 atom stereocenters. The summed E-state index contributed by atoms with van der Waals surface area (Å²) in [7, 11) is 0.219. The van der Waals surface area contributed by atoms with E-state index in [2.05, 4.69) is 40.7 Å². The van der Waals surface area contributed by atoms with E-state index in [1.165, 1.54) is 11.1 Å². The topological polar surface area (TPSA) is 97.4 Å². The first-order valence-corrected chi connectivity index (χ1v) is 20.1. The summed E-state index contributed by atoms with van der Waals surface area (Å²) in [5.41, 5.74) is 3.48. The number of sulfonamides is 1. The van der Waals surface area contributed by atoms with Gasteiger partial charge in [-0.25, -0.2) is 13.1 Å². The Morgan fingerprint density at radius 3 is 2.51 bits per heavy atom. The normalized spacial score (nSPS) is 34.9. The molecule has 0 radical (unpaired) electrons. The minimum absolute atomic E-state index is 0.122. The molecule has 49 heavy (non-hydrogen) atoms. The van der Waals surface area contributed by atoms with E-state index in [-0.39, 0.29) is 29.6 Å². The standard InChI is InChI=1S/C38H52ClN3O6S/c1-24-7-5-9-32(37-46-20-30(21-47-37)41(3)4)31-13-10-28(31)19-42-22-38(16-6-8-26-17-29(39)12-14-33(26)38)23-48-35-15-11-27(18-34(35)42)36(43)40-49(44,45)25(24)2/h11-12,14-15,17-18,24-25,28,30-32,37H,5-10,13,16,19-23H2,1-4H3,(H,40,43)/t24-,25+,28-,30-,31+,32+,37-,38-/m0/s1. The van der Waals surface area contributed by atoms with E-state index in [0.29, 0.717) is 37.2 Å². The predicted molar refractivity (Wildman–Crippen MR) is 192 cm³/mol. The van der Waals surface area contributed by atoms with Gasteiger partial charge < -0.3 is 24.0 Å². The molecule has 1 saturated carbocycles. The zero-order valence-electron chi connectivity index (χ0n) is 29.3. The lowest BCUT2D eigenvalue weighted by atomic mass is 9.64. The van der Waals surface area contributed by atoms with E-state index in [4.69, 9.17) is 25.8 Å². The summed E-state index contributed by atoms with van der Waals surface area (Å²) in [5, 5.41) is 0.0306. The van der Waals surface area contributed by atoms with Crippen LogP contribution < -0.4 is 14.4 Å². The van der Waals surface area contributed by atoms with Crippen molar-refractivity contribution in [2.75, 3.05) is 51.9 Å². The van der Waals surface area contributed by atoms with Crippen molar-refractivity contribution in [1.82, 2.24) is 9.62 Å². The van der Waals surface area contributed by atoms with Crippen LogP contribution in [-0.4, -0.2) is 83.8 Å². The molecule has 0 aromatic heterocycles. The average Bonchev–Trinajstić information content (AvgIpc) is 3.21. The Hall–Kier alpha value is -2.37. The van der Waals surface area contributed by atoms with Crippen LogP contribution in [-0.2, 0) is 31.3 Å². The van der Waals surface area contributed by atoms with E-state index in [9.17, 15) is 13.2 Å². The van der Waals surface area contributed by atoms with Crippen LogP contribution in [0.1, 0.15) is 80.3 Å². The molecular weight excluding hydrogens is 662 g/mol. The number of aryl methyl sites for hydroxylation is 1. The minimum Gasteiger partial charge on any atom is -0.490 e. The molecule has 2 bridgehead atoms. The molecule has 2 aromatic carbocycles. The monoisotopic (exact) mass is 713 g/mol. The molecule has 1 amide bonds. The zero-order chi connectivity index (χ0) is 34.5. The molecule has 268 valence electrons. The third kappa shape index (κ3) is 6.97. The number of ether oxygens (including phenoxy) is 3. The molecule has 3 heterocycles. The number of rotatable bonds is 2. The van der Waals surface area contributed by atoms with E-state index < -0.39 is 21.2 Å². The molecule has 9 nitrogen and oxygen atoms in total. The number of halogens is 1. The molecule has 3 aliphatic heterocycles. The molecule has 5 aliphatic rings. The number of nitrogens with one attached hydrogen (secondary N) is 1. The van der Waals surface area contributed by atoms with Crippen LogP contribution in [0, 0.1) is 23.7 Å². The molecular formula is C38H52ClN3O6S. The Labute approximate surface area is 297 Å². The number of carbonyl (C=O) groups excluding carboxylic acids is 1. The van der Waals surface area contributed by atoms with Gasteiger partial charge >= 0.3 is 0 Å². The van der Waals surface area contributed by atoms with Gasteiger partial charge in [0.25, 0.3) is 5.91 Å². The van der Waals surface area contributed by atoms with E-state index >= 15 is 0 Å². The van der Waals surface area contributed by atoms with Crippen molar-refractivity contribution in [3.05, 3.63) is 58.1 Å². The lowest BCUT2D eigenvalue weighted by molar-refractivity contribution is -0.240. The highest BCUT2D eigenvalue weighted by atomic mass is 35.5. The van der Waals surface area contributed by atoms with Gasteiger partial charge in [0.1, 0.15) is 5.75 Å². The summed E-state index contributed by atoms with van der Waals surface area (Å²) in [6.45, 7) is 7.03. The van der Waals surface area contributed by atoms with E-state index in [0.717, 1.165) is 80.9 Å². The average molecular weight is 714 g/mol. The van der Waals surface area contributed by atoms with Crippen LogP contribution in [0.4, 0.5) is 5.69 Å². The second-order valence-electron chi connectivity index (χ2n) is 15.7. The van der Waals surface area contributed by atoms with Gasteiger partial charge in [0.15, 0.2) is 6.29 Å². The Bertz CT molecular complexity index is 1650. The first-order valence-electron chi connectivity index (χ1n) is 18.2. The van der Waals surface area contributed by atoms with Crippen molar-refractivity contribution in [1.29, 1.82) is 0 Å². The highest BCUT2D eigenvalue weighted by Crippen LogP contribution is 2.49. The summed E-state index contributed by atoms with van der Waals surface area (Å²) in [5.74, 6) is 1.05. The Kier molecular flexibility index (Phi) is 10.0. The fourth-order valence-electron chi connectivity index (χ4n) is 9.03. The summed E-state index contributed by atoms with van der Waals surface area (Å²) < 4.78 is 49.0. The molecule has 7 rings (SSSR count). The molecule has 2 aliphatic carbocycles. The number of benzene rings is 2. The molecule has 1 spiro atoms. The fourth-order valence-corrected chi connectivity index (χ4v) is 10.5. The number of carbonyl (C=O) groups is 1. The SMILES string of the molecule is C[C@@H]1[C@@H](C)CCC[C@@H]([C@H]2OC[C@H](N(C)C)CO2)[C@@H]2CC[C@H]2CN2C[C@@]3(CCCc4cc(Cl)ccc43)COc3ccc(cc32)C(=O)NS1(=O)=O. The Morgan fingerprint density at radius 2 is 1.78 bits per heavy atom. The van der Waals surface area contributed by atoms with Crippen molar-refractivity contribution in [3.63, 3.8) is 0 Å². The number of nitrogens with zero attached hydrogens (tertiary/aromatic N) is 2.